The number of aliphatic hydroxyl groups is 1. The van der Waals surface area contributed by atoms with Crippen LogP contribution in [-0.2, 0) is 28.6 Å². The van der Waals surface area contributed by atoms with Crippen molar-refractivity contribution in [2.75, 3.05) is 19.9 Å². The molecule has 9 atom stereocenters. The minimum absolute atomic E-state index is 0.00688. The van der Waals surface area contributed by atoms with Crippen molar-refractivity contribution in [2.24, 2.45) is 34.3 Å². The molecular weight excluding hydrogens is 476 g/mol. The number of aliphatic hydroxyl groups excluding tert-OH is 1. The maximum atomic E-state index is 14.0. The normalized spacial score (nSPS) is 43.9. The monoisotopic (exact) mass is 516 g/mol. The zero-order valence-corrected chi connectivity index (χ0v) is 22.0. The van der Waals surface area contributed by atoms with Crippen molar-refractivity contribution in [3.63, 3.8) is 0 Å². The van der Waals surface area contributed by atoms with Gasteiger partial charge in [0.25, 0.3) is 0 Å². The van der Waals surface area contributed by atoms with E-state index in [2.05, 4.69) is 19.2 Å². The quantitative estimate of drug-likeness (QED) is 0.328. The van der Waals surface area contributed by atoms with Gasteiger partial charge in [-0.25, -0.2) is 0 Å². The molecule has 0 bridgehead atoms. The molecule has 1 heterocycles. The van der Waals surface area contributed by atoms with Crippen LogP contribution in [0.5, 0.6) is 0 Å². The molecule has 1 aliphatic heterocycles. The first-order chi connectivity index (χ1) is 17.6. The largest absolute Gasteiger partial charge is 0.393 e. The summed E-state index contributed by atoms with van der Waals surface area (Å²) >= 11 is 0. The highest BCUT2D eigenvalue weighted by atomic mass is 16.7. The van der Waals surface area contributed by atoms with Crippen molar-refractivity contribution < 1.29 is 33.7 Å². The molecule has 3 saturated carbocycles. The van der Waals surface area contributed by atoms with Gasteiger partial charge < -0.3 is 30.4 Å². The molecule has 0 aromatic heterocycles. The van der Waals surface area contributed by atoms with Crippen molar-refractivity contribution in [3.8, 4) is 0 Å². The molecule has 4 aliphatic carbocycles. The molecule has 37 heavy (non-hydrogen) atoms. The number of hydrogen-bond acceptors (Lipinski definition) is 8. The number of nitrogens with two attached hydrogens (primary N) is 1. The summed E-state index contributed by atoms with van der Waals surface area (Å²) < 4.78 is 18.5. The van der Waals surface area contributed by atoms with Crippen molar-refractivity contribution in [1.82, 2.24) is 5.32 Å². The second-order valence-corrected chi connectivity index (χ2v) is 11.9. The lowest BCUT2D eigenvalue weighted by Crippen LogP contribution is -2.63. The number of ketones is 2. The second kappa shape index (κ2) is 9.68. The lowest BCUT2D eigenvalue weighted by Gasteiger charge is -2.59. The molecule has 9 nitrogen and oxygen atoms in total. The summed E-state index contributed by atoms with van der Waals surface area (Å²) in [5, 5.41) is 14.3. The maximum Gasteiger partial charge on any atom is 0.235 e. The molecule has 1 saturated heterocycles. The van der Waals surface area contributed by atoms with Crippen molar-refractivity contribution in [2.45, 2.75) is 83.4 Å². The first-order valence-electron chi connectivity index (χ1n) is 13.6. The van der Waals surface area contributed by atoms with Gasteiger partial charge in [-0.3, -0.25) is 14.4 Å². The number of allylic oxidation sites excluding steroid dienone is 4. The van der Waals surface area contributed by atoms with Crippen LogP contribution in [0.15, 0.2) is 23.8 Å². The van der Waals surface area contributed by atoms with Gasteiger partial charge >= 0.3 is 0 Å². The van der Waals surface area contributed by atoms with Crippen molar-refractivity contribution in [3.05, 3.63) is 23.8 Å². The molecule has 4 N–H and O–H groups in total. The number of hydrogen-bond donors (Lipinski definition) is 3. The Bertz CT molecular complexity index is 1030. The molecule has 0 radical (unpaired) electrons. The molecule has 0 aromatic carbocycles. The van der Waals surface area contributed by atoms with Crippen LogP contribution >= 0.6 is 0 Å². The molecule has 0 aromatic rings. The van der Waals surface area contributed by atoms with Crippen LogP contribution < -0.4 is 11.1 Å². The van der Waals surface area contributed by atoms with E-state index < -0.39 is 29.5 Å². The zero-order chi connectivity index (χ0) is 26.6. The third-order valence-corrected chi connectivity index (χ3v) is 10.0. The first kappa shape index (κ1) is 26.7. The summed E-state index contributed by atoms with van der Waals surface area (Å²) in [7, 11) is 0. The van der Waals surface area contributed by atoms with Gasteiger partial charge in [-0.05, 0) is 56.1 Å². The highest BCUT2D eigenvalue weighted by Gasteiger charge is 2.75. The Hall–Kier alpha value is -1.91. The van der Waals surface area contributed by atoms with E-state index in [-0.39, 0.29) is 60.5 Å². The maximum absolute atomic E-state index is 14.0. The number of nitrogens with one attached hydrogen (secondary N) is 1. The minimum Gasteiger partial charge on any atom is -0.393 e. The van der Waals surface area contributed by atoms with Crippen LogP contribution in [-0.4, -0.2) is 66.6 Å². The lowest BCUT2D eigenvalue weighted by molar-refractivity contribution is -0.201. The van der Waals surface area contributed by atoms with E-state index in [1.54, 1.807) is 12.2 Å². The Morgan fingerprint density at radius 3 is 2.84 bits per heavy atom. The van der Waals surface area contributed by atoms with Gasteiger partial charge in [-0.15, -0.1) is 0 Å². The van der Waals surface area contributed by atoms with Crippen LogP contribution in [0.2, 0.25) is 0 Å². The number of rotatable bonds is 8. The second-order valence-electron chi connectivity index (χ2n) is 11.9. The van der Waals surface area contributed by atoms with Crippen LogP contribution in [0.1, 0.15) is 59.3 Å². The molecule has 1 amide bonds. The van der Waals surface area contributed by atoms with Gasteiger partial charge in [-0.2, -0.15) is 0 Å². The third-order valence-electron chi connectivity index (χ3n) is 10.0. The van der Waals surface area contributed by atoms with Crippen molar-refractivity contribution in [1.29, 1.82) is 0 Å². The Balaban J connectivity index is 1.45. The summed E-state index contributed by atoms with van der Waals surface area (Å²) in [6.45, 7) is 5.76. The average Bonchev–Trinajstić information content (AvgIpc) is 3.34. The number of carbonyl (C=O) groups is 3. The van der Waals surface area contributed by atoms with Crippen molar-refractivity contribution >= 4 is 17.5 Å². The SMILES string of the molecule is CCCC1O[C@@H]2C[C@H]3C4CCC5=CC(=O)C=C[C@]5(C)[C@H]4[C@@H](O)CC3(C)[C@]2(C(=O)COCNC(=O)CN)O1. The Morgan fingerprint density at radius 2 is 2.11 bits per heavy atom. The van der Waals surface area contributed by atoms with Crippen LogP contribution in [0.4, 0.5) is 0 Å². The Kier molecular flexibility index (Phi) is 6.98. The first-order valence-corrected chi connectivity index (χ1v) is 13.6. The summed E-state index contributed by atoms with van der Waals surface area (Å²) in [5.74, 6) is -0.342. The van der Waals surface area contributed by atoms with Gasteiger partial charge in [0, 0.05) is 16.7 Å². The topological polar surface area (TPSA) is 137 Å². The molecule has 204 valence electrons. The van der Waals surface area contributed by atoms with E-state index in [9.17, 15) is 19.5 Å². The molecule has 4 fully saturated rings. The number of amides is 1. The van der Waals surface area contributed by atoms with Gasteiger partial charge in [0.2, 0.25) is 5.91 Å². The van der Waals surface area contributed by atoms with Gasteiger partial charge in [0.15, 0.2) is 23.5 Å². The highest BCUT2D eigenvalue weighted by molar-refractivity contribution is 6.01. The van der Waals surface area contributed by atoms with E-state index in [4.69, 9.17) is 19.9 Å². The zero-order valence-electron chi connectivity index (χ0n) is 22.0. The standard InChI is InChI=1S/C28H40N2O7/c1-4-5-24-36-22-11-19-18-7-6-16-10-17(31)8-9-26(16,2)25(18)20(32)12-27(19,3)28(22,37-24)21(33)14-35-15-30-23(34)13-29/h8-10,18-20,22,24-25,32H,4-7,11-15,29H2,1-3H3,(H,30,34)/t18?,19-,20-,22+,24?,25+,26-,27?,28+/m0/s1. The molecular formula is C28H40N2O7. The van der Waals surface area contributed by atoms with E-state index in [0.29, 0.717) is 19.3 Å². The Labute approximate surface area is 218 Å². The van der Waals surface area contributed by atoms with E-state index >= 15 is 0 Å². The fourth-order valence-electron chi connectivity index (χ4n) is 8.46. The van der Waals surface area contributed by atoms with Crippen LogP contribution in [0.25, 0.3) is 0 Å². The third kappa shape index (κ3) is 3.97. The minimum atomic E-state index is -1.23. The van der Waals surface area contributed by atoms with Gasteiger partial charge in [0.05, 0.1) is 18.8 Å². The molecule has 9 heteroatoms. The highest BCUT2D eigenvalue weighted by Crippen LogP contribution is 2.69. The summed E-state index contributed by atoms with van der Waals surface area (Å²) in [4.78, 5) is 37.5. The lowest BCUT2D eigenvalue weighted by atomic mass is 9.46. The van der Waals surface area contributed by atoms with E-state index in [1.165, 1.54) is 0 Å². The molecule has 0 spiro atoms. The van der Waals surface area contributed by atoms with E-state index in [0.717, 1.165) is 24.8 Å². The number of fused-ring (bicyclic) bond motifs is 7. The van der Waals surface area contributed by atoms with Crippen LogP contribution in [0.3, 0.4) is 0 Å². The predicted octanol–water partition coefficient (Wildman–Crippen LogP) is 1.77. The van der Waals surface area contributed by atoms with E-state index in [1.807, 2.05) is 13.0 Å². The molecule has 3 unspecified atom stereocenters. The summed E-state index contributed by atoms with van der Waals surface area (Å²) in [5.41, 5.74) is 4.16. The fraction of sp³-hybridized carbons (Fsp3) is 0.750. The van der Waals surface area contributed by atoms with Crippen LogP contribution in [0, 0.1) is 28.6 Å². The average molecular weight is 517 g/mol. The number of Topliss-reactive ketones (excluding diaryl/α,β-unsaturated/α-hetero) is 1. The smallest absolute Gasteiger partial charge is 0.235 e. The number of carbonyl (C=O) groups excluding carboxylic acids is 3. The van der Waals surface area contributed by atoms with Gasteiger partial charge in [-0.1, -0.05) is 38.8 Å². The molecule has 5 rings (SSSR count). The number of ether oxygens (including phenoxy) is 3. The Morgan fingerprint density at radius 1 is 1.32 bits per heavy atom. The predicted molar refractivity (Wildman–Crippen MR) is 134 cm³/mol. The summed E-state index contributed by atoms with van der Waals surface area (Å²) in [6, 6.07) is 0. The molecule has 5 aliphatic rings. The fourth-order valence-corrected chi connectivity index (χ4v) is 8.46. The van der Waals surface area contributed by atoms with Gasteiger partial charge in [0.1, 0.15) is 13.3 Å². The summed E-state index contributed by atoms with van der Waals surface area (Å²) in [6.07, 6.45) is 8.05.